The summed E-state index contributed by atoms with van der Waals surface area (Å²) >= 11 is 0. The molecule has 1 amide bonds. The molecule has 1 aliphatic carbocycles. The van der Waals surface area contributed by atoms with Gasteiger partial charge in [0.05, 0.1) is 7.11 Å². The van der Waals surface area contributed by atoms with E-state index in [9.17, 15) is 22.8 Å². The van der Waals surface area contributed by atoms with Crippen molar-refractivity contribution in [2.75, 3.05) is 20.3 Å². The number of hydrogen-bond donors (Lipinski definition) is 0. The van der Waals surface area contributed by atoms with Gasteiger partial charge in [0, 0.05) is 6.04 Å². The van der Waals surface area contributed by atoms with Gasteiger partial charge in [0.15, 0.2) is 6.61 Å². The summed E-state index contributed by atoms with van der Waals surface area (Å²) in [5, 5.41) is 9.17. The van der Waals surface area contributed by atoms with E-state index in [2.05, 4.69) is 0 Å². The second-order valence-electron chi connectivity index (χ2n) is 6.73. The number of alkyl halides is 3. The van der Waals surface area contributed by atoms with Crippen LogP contribution in [0.5, 0.6) is 5.75 Å². The number of nitrogens with zero attached hydrogens (tertiary/aromatic N) is 2. The minimum Gasteiger partial charge on any atom is -0.497 e. The lowest BCUT2D eigenvalue weighted by Gasteiger charge is -2.30. The Morgan fingerprint density at radius 1 is 1.31 bits per heavy atom. The average molecular weight is 410 g/mol. The van der Waals surface area contributed by atoms with E-state index in [0.717, 1.165) is 12.8 Å². The Balaban J connectivity index is 2.02. The number of halogens is 3. The van der Waals surface area contributed by atoms with E-state index >= 15 is 0 Å². The van der Waals surface area contributed by atoms with E-state index in [4.69, 9.17) is 14.7 Å². The number of esters is 1. The highest BCUT2D eigenvalue weighted by atomic mass is 19.4. The van der Waals surface area contributed by atoms with E-state index in [-0.39, 0.29) is 11.5 Å². The highest BCUT2D eigenvalue weighted by molar-refractivity contribution is 5.98. The van der Waals surface area contributed by atoms with Gasteiger partial charge in [-0.25, -0.2) is 4.79 Å². The van der Waals surface area contributed by atoms with Gasteiger partial charge in [0.2, 0.25) is 0 Å². The molecule has 6 nitrogen and oxygen atoms in total. The maximum atomic E-state index is 12.8. The second-order valence-corrected chi connectivity index (χ2v) is 6.73. The van der Waals surface area contributed by atoms with E-state index < -0.39 is 37.2 Å². The van der Waals surface area contributed by atoms with Gasteiger partial charge < -0.3 is 14.4 Å². The molecule has 0 heterocycles. The van der Waals surface area contributed by atoms with Gasteiger partial charge >= 0.3 is 12.1 Å². The lowest BCUT2D eigenvalue weighted by Crippen LogP contribution is -2.47. The standard InChI is InChI=1S/C20H21F3N2O4/c1-13(15-5-6-15)25(12-20(21,22)23)18(26)11-29-19(27)16(10-24)9-14-3-7-17(28-2)8-4-14/h3-4,7-9,13,15H,5-6,11-12H2,1-2H3/b16-9+/t13-/m0/s1. The maximum absolute atomic E-state index is 12.8. The molecule has 156 valence electrons. The summed E-state index contributed by atoms with van der Waals surface area (Å²) in [5.41, 5.74) is 0.146. The van der Waals surface area contributed by atoms with Crippen molar-refractivity contribution in [2.45, 2.75) is 32.0 Å². The lowest BCUT2D eigenvalue weighted by atomic mass is 10.1. The molecule has 1 saturated carbocycles. The quantitative estimate of drug-likeness (QED) is 0.373. The van der Waals surface area contributed by atoms with E-state index in [1.807, 2.05) is 0 Å². The van der Waals surface area contributed by atoms with Crippen molar-refractivity contribution in [1.82, 2.24) is 4.90 Å². The Kier molecular flexibility index (Phi) is 7.26. The third-order valence-corrected chi connectivity index (χ3v) is 4.56. The van der Waals surface area contributed by atoms with Gasteiger partial charge in [-0.1, -0.05) is 12.1 Å². The monoisotopic (exact) mass is 410 g/mol. The number of carbonyl (C=O) groups excluding carboxylic acids is 2. The minimum absolute atomic E-state index is 0.0154. The molecule has 1 aliphatic rings. The molecule has 29 heavy (non-hydrogen) atoms. The molecule has 0 aliphatic heterocycles. The number of ether oxygens (including phenoxy) is 2. The van der Waals surface area contributed by atoms with Crippen LogP contribution in [0.2, 0.25) is 0 Å². The molecule has 0 spiro atoms. The molecule has 9 heteroatoms. The highest BCUT2D eigenvalue weighted by Crippen LogP contribution is 2.36. The van der Waals surface area contributed by atoms with Crippen LogP contribution in [0.15, 0.2) is 29.8 Å². The number of amides is 1. The van der Waals surface area contributed by atoms with Crippen LogP contribution in [0.3, 0.4) is 0 Å². The first-order chi connectivity index (χ1) is 13.6. The van der Waals surface area contributed by atoms with Crippen molar-refractivity contribution in [3.63, 3.8) is 0 Å². The number of rotatable bonds is 8. The van der Waals surface area contributed by atoms with Crippen LogP contribution in [0.25, 0.3) is 6.08 Å². The summed E-state index contributed by atoms with van der Waals surface area (Å²) < 4.78 is 48.3. The third kappa shape index (κ3) is 6.82. The molecule has 0 unspecified atom stereocenters. The van der Waals surface area contributed by atoms with Crippen LogP contribution in [-0.4, -0.2) is 49.3 Å². The zero-order valence-electron chi connectivity index (χ0n) is 16.0. The summed E-state index contributed by atoms with van der Waals surface area (Å²) in [6.45, 7) is -0.727. The van der Waals surface area contributed by atoms with Crippen LogP contribution in [0.1, 0.15) is 25.3 Å². The van der Waals surface area contributed by atoms with Gasteiger partial charge in [-0.2, -0.15) is 18.4 Å². The number of benzene rings is 1. The number of methoxy groups -OCH3 is 1. The van der Waals surface area contributed by atoms with E-state index in [0.29, 0.717) is 16.2 Å². The smallest absolute Gasteiger partial charge is 0.406 e. The van der Waals surface area contributed by atoms with Crippen LogP contribution >= 0.6 is 0 Å². The Labute approximate surface area is 166 Å². The van der Waals surface area contributed by atoms with Gasteiger partial charge in [-0.05, 0) is 49.5 Å². The van der Waals surface area contributed by atoms with Gasteiger partial charge in [0.1, 0.15) is 23.9 Å². The SMILES string of the molecule is COc1ccc(/C=C(\C#N)C(=O)OCC(=O)N(CC(F)(F)F)[C@@H](C)C2CC2)cc1. The lowest BCUT2D eigenvalue weighted by molar-refractivity contribution is -0.170. The zero-order chi connectivity index (χ0) is 21.6. The Bertz CT molecular complexity index is 809. The molecule has 0 bridgehead atoms. The normalized spacial score (nSPS) is 15.2. The van der Waals surface area contributed by atoms with Crippen LogP contribution in [0, 0.1) is 17.2 Å². The maximum Gasteiger partial charge on any atom is 0.406 e. The van der Waals surface area contributed by atoms with Crippen molar-refractivity contribution in [3.05, 3.63) is 35.4 Å². The van der Waals surface area contributed by atoms with Gasteiger partial charge in [-0.3, -0.25) is 4.79 Å². The summed E-state index contributed by atoms with van der Waals surface area (Å²) in [6.07, 6.45) is -1.79. The van der Waals surface area contributed by atoms with Gasteiger partial charge in [-0.15, -0.1) is 0 Å². The Hall–Kier alpha value is -3.02. The minimum atomic E-state index is -4.56. The second kappa shape index (κ2) is 9.45. The zero-order valence-corrected chi connectivity index (χ0v) is 16.0. The molecule has 1 atom stereocenters. The first-order valence-electron chi connectivity index (χ1n) is 8.94. The Morgan fingerprint density at radius 3 is 2.41 bits per heavy atom. The predicted molar refractivity (Wildman–Crippen MR) is 97.5 cm³/mol. The molecule has 0 radical (unpaired) electrons. The molecule has 0 N–H and O–H groups in total. The molecule has 1 aromatic rings. The summed E-state index contributed by atoms with van der Waals surface area (Å²) in [4.78, 5) is 25.1. The number of hydrogen-bond acceptors (Lipinski definition) is 5. The average Bonchev–Trinajstić information content (AvgIpc) is 3.52. The fourth-order valence-electron chi connectivity index (χ4n) is 2.78. The van der Waals surface area contributed by atoms with Gasteiger partial charge in [0.25, 0.3) is 5.91 Å². The largest absolute Gasteiger partial charge is 0.497 e. The molecule has 0 aromatic heterocycles. The fourth-order valence-corrected chi connectivity index (χ4v) is 2.78. The molecule has 2 rings (SSSR count). The summed E-state index contributed by atoms with van der Waals surface area (Å²) in [6, 6.07) is 7.54. The third-order valence-electron chi connectivity index (χ3n) is 4.56. The summed E-state index contributed by atoms with van der Waals surface area (Å²) in [7, 11) is 1.49. The molecule has 1 aromatic carbocycles. The van der Waals surface area contributed by atoms with Crippen molar-refractivity contribution < 1.29 is 32.2 Å². The first kappa shape index (κ1) is 22.3. The number of carbonyl (C=O) groups is 2. The Morgan fingerprint density at radius 2 is 1.93 bits per heavy atom. The summed E-state index contributed by atoms with van der Waals surface area (Å²) in [5.74, 6) is -1.43. The molecule has 1 fully saturated rings. The molecule has 0 saturated heterocycles. The van der Waals surface area contributed by atoms with Crippen molar-refractivity contribution in [2.24, 2.45) is 5.92 Å². The number of nitriles is 1. The van der Waals surface area contributed by atoms with Crippen LogP contribution in [-0.2, 0) is 14.3 Å². The first-order valence-corrected chi connectivity index (χ1v) is 8.94. The topological polar surface area (TPSA) is 79.6 Å². The highest BCUT2D eigenvalue weighted by Gasteiger charge is 2.40. The van der Waals surface area contributed by atoms with Crippen molar-refractivity contribution in [1.29, 1.82) is 5.26 Å². The van der Waals surface area contributed by atoms with E-state index in [1.54, 1.807) is 37.3 Å². The predicted octanol–water partition coefficient (Wildman–Crippen LogP) is 3.33. The van der Waals surface area contributed by atoms with Crippen LogP contribution < -0.4 is 4.74 Å². The fraction of sp³-hybridized carbons (Fsp3) is 0.450. The van der Waals surface area contributed by atoms with Crippen molar-refractivity contribution >= 4 is 18.0 Å². The van der Waals surface area contributed by atoms with E-state index in [1.165, 1.54) is 13.2 Å². The van der Waals surface area contributed by atoms with Crippen molar-refractivity contribution in [3.8, 4) is 11.8 Å². The molecular weight excluding hydrogens is 389 g/mol. The van der Waals surface area contributed by atoms with Crippen LogP contribution in [0.4, 0.5) is 13.2 Å². The molecular formula is C20H21F3N2O4.